The molecule has 0 saturated carbocycles. The molecule has 0 aliphatic carbocycles. The Hall–Kier alpha value is -3.07. The number of hydrogen-bond donors (Lipinski definition) is 1. The first-order valence-corrected chi connectivity index (χ1v) is 10.2. The number of methoxy groups -OCH3 is 1. The van der Waals surface area contributed by atoms with Crippen LogP contribution in [0.3, 0.4) is 0 Å². The third kappa shape index (κ3) is 3.74. The van der Waals surface area contributed by atoms with E-state index in [-0.39, 0.29) is 6.10 Å². The summed E-state index contributed by atoms with van der Waals surface area (Å²) in [6, 6.07) is 9.50. The van der Waals surface area contributed by atoms with Crippen molar-refractivity contribution in [3.8, 4) is 11.5 Å². The Bertz CT molecular complexity index is 1230. The van der Waals surface area contributed by atoms with Gasteiger partial charge in [0.25, 0.3) is 0 Å². The third-order valence-corrected chi connectivity index (χ3v) is 5.53. The van der Waals surface area contributed by atoms with E-state index in [1.54, 1.807) is 19.6 Å². The van der Waals surface area contributed by atoms with Crippen molar-refractivity contribution >= 4 is 39.7 Å². The summed E-state index contributed by atoms with van der Waals surface area (Å²) in [5.41, 5.74) is 4.21. The quantitative estimate of drug-likeness (QED) is 0.477. The molecule has 1 fully saturated rings. The van der Waals surface area contributed by atoms with Crippen LogP contribution >= 0.6 is 11.6 Å². The first-order chi connectivity index (χ1) is 15.1. The first-order valence-electron chi connectivity index (χ1n) is 9.82. The fourth-order valence-corrected chi connectivity index (χ4v) is 3.85. The lowest BCUT2D eigenvalue weighted by molar-refractivity contribution is 0.0317. The predicted molar refractivity (Wildman–Crippen MR) is 118 cm³/mol. The number of imidazole rings is 1. The van der Waals surface area contributed by atoms with Crippen LogP contribution in [0.25, 0.3) is 16.6 Å². The Kier molecular flexibility index (Phi) is 5.27. The number of halogens is 1. The second-order valence-electron chi connectivity index (χ2n) is 7.25. The number of benzene rings is 2. The zero-order valence-corrected chi connectivity index (χ0v) is 17.8. The SMILES string of the molecule is COc1cc2c(cc1OCC1COCO1)nc(Nc1c(C)cccc1Cl)c1cncn12. The Labute approximate surface area is 183 Å². The highest BCUT2D eigenvalue weighted by molar-refractivity contribution is 6.33. The second-order valence-corrected chi connectivity index (χ2v) is 7.65. The van der Waals surface area contributed by atoms with Crippen LogP contribution in [0.4, 0.5) is 11.5 Å². The zero-order valence-electron chi connectivity index (χ0n) is 17.1. The molecule has 1 N–H and O–H groups in total. The second kappa shape index (κ2) is 8.22. The summed E-state index contributed by atoms with van der Waals surface area (Å²) in [5.74, 6) is 1.83. The van der Waals surface area contributed by atoms with Gasteiger partial charge in [-0.05, 0) is 18.6 Å². The van der Waals surface area contributed by atoms with Gasteiger partial charge in [-0.15, -0.1) is 0 Å². The molecular formula is C22H21ClN4O4. The number of ether oxygens (including phenoxy) is 4. The molecule has 160 valence electrons. The number of fused-ring (bicyclic) bond motifs is 3. The molecule has 0 bridgehead atoms. The molecule has 0 radical (unpaired) electrons. The van der Waals surface area contributed by atoms with Gasteiger partial charge in [0.15, 0.2) is 17.3 Å². The average Bonchev–Trinajstić information content (AvgIpc) is 3.46. The summed E-state index contributed by atoms with van der Waals surface area (Å²) >= 11 is 6.42. The molecule has 31 heavy (non-hydrogen) atoms. The van der Waals surface area contributed by atoms with Crippen molar-refractivity contribution in [2.24, 2.45) is 0 Å². The third-order valence-electron chi connectivity index (χ3n) is 5.21. The minimum absolute atomic E-state index is 0.107. The summed E-state index contributed by atoms with van der Waals surface area (Å²) in [6.45, 7) is 3.15. The maximum Gasteiger partial charge on any atom is 0.163 e. The van der Waals surface area contributed by atoms with Gasteiger partial charge in [0, 0.05) is 12.1 Å². The Morgan fingerprint density at radius 3 is 2.94 bits per heavy atom. The molecule has 0 amide bonds. The molecule has 2 aromatic heterocycles. The predicted octanol–water partition coefficient (Wildman–Crippen LogP) is 4.35. The molecule has 9 heteroatoms. The number of nitrogens with one attached hydrogen (secondary N) is 1. The van der Waals surface area contributed by atoms with E-state index in [0.717, 1.165) is 27.8 Å². The molecule has 5 rings (SSSR count). The van der Waals surface area contributed by atoms with Crippen LogP contribution < -0.4 is 14.8 Å². The van der Waals surface area contributed by atoms with E-state index in [4.69, 9.17) is 35.5 Å². The molecule has 4 aromatic rings. The van der Waals surface area contributed by atoms with Gasteiger partial charge in [0.05, 0.1) is 48.0 Å². The number of hydrogen-bond acceptors (Lipinski definition) is 7. The van der Waals surface area contributed by atoms with Crippen molar-refractivity contribution in [1.82, 2.24) is 14.4 Å². The molecule has 1 unspecified atom stereocenters. The minimum Gasteiger partial charge on any atom is -0.493 e. The summed E-state index contributed by atoms with van der Waals surface area (Å²) in [7, 11) is 1.61. The summed E-state index contributed by atoms with van der Waals surface area (Å²) in [6.07, 6.45) is 3.40. The van der Waals surface area contributed by atoms with Crippen LogP contribution in [0, 0.1) is 6.92 Å². The van der Waals surface area contributed by atoms with Crippen molar-refractivity contribution in [3.63, 3.8) is 0 Å². The average molecular weight is 441 g/mol. The minimum atomic E-state index is -0.107. The fraction of sp³-hybridized carbons (Fsp3) is 0.273. The van der Waals surface area contributed by atoms with Crippen LogP contribution in [0.1, 0.15) is 5.56 Å². The van der Waals surface area contributed by atoms with Crippen molar-refractivity contribution in [2.45, 2.75) is 13.0 Å². The van der Waals surface area contributed by atoms with Crippen LogP contribution in [-0.4, -0.2) is 47.6 Å². The number of aryl methyl sites for hydroxylation is 1. The van der Waals surface area contributed by atoms with E-state index >= 15 is 0 Å². The van der Waals surface area contributed by atoms with Crippen molar-refractivity contribution in [1.29, 1.82) is 0 Å². The number of nitrogens with zero attached hydrogens (tertiary/aromatic N) is 3. The van der Waals surface area contributed by atoms with E-state index in [0.29, 0.717) is 42.3 Å². The molecule has 1 aliphatic rings. The smallest absolute Gasteiger partial charge is 0.163 e. The summed E-state index contributed by atoms with van der Waals surface area (Å²) < 4.78 is 24.2. The largest absolute Gasteiger partial charge is 0.493 e. The number of para-hydroxylation sites is 1. The van der Waals surface area contributed by atoms with Gasteiger partial charge in [-0.1, -0.05) is 23.7 Å². The standard InChI is InChI=1S/C22H21ClN4O4/c1-13-4-3-5-15(23)21(13)26-22-18-8-24-11-27(18)17-7-19(28-2)20(6-16(17)25-22)30-10-14-9-29-12-31-14/h3-8,11,14H,9-10,12H2,1-2H3,(H,25,26). The monoisotopic (exact) mass is 440 g/mol. The number of aromatic nitrogens is 3. The van der Waals surface area contributed by atoms with Crippen molar-refractivity contribution in [3.05, 3.63) is 53.4 Å². The number of rotatable bonds is 6. The Morgan fingerprint density at radius 2 is 2.16 bits per heavy atom. The first kappa shape index (κ1) is 19.9. The summed E-state index contributed by atoms with van der Waals surface area (Å²) in [5, 5.41) is 4.00. The van der Waals surface area contributed by atoms with E-state index in [1.807, 2.05) is 41.7 Å². The van der Waals surface area contributed by atoms with Crippen molar-refractivity contribution < 1.29 is 18.9 Å². The fourth-order valence-electron chi connectivity index (χ4n) is 3.58. The Morgan fingerprint density at radius 1 is 1.26 bits per heavy atom. The highest BCUT2D eigenvalue weighted by Crippen LogP contribution is 2.35. The maximum atomic E-state index is 6.42. The number of anilines is 2. The van der Waals surface area contributed by atoms with Gasteiger partial charge in [0.1, 0.15) is 25.0 Å². The lowest BCUT2D eigenvalue weighted by atomic mass is 10.2. The van der Waals surface area contributed by atoms with E-state index in [2.05, 4.69) is 10.3 Å². The Balaban J connectivity index is 1.58. The van der Waals surface area contributed by atoms with E-state index in [1.165, 1.54) is 0 Å². The molecule has 1 atom stereocenters. The van der Waals surface area contributed by atoms with Gasteiger partial charge < -0.3 is 24.3 Å². The molecular weight excluding hydrogens is 420 g/mol. The maximum absolute atomic E-state index is 6.42. The molecule has 8 nitrogen and oxygen atoms in total. The van der Waals surface area contributed by atoms with E-state index < -0.39 is 0 Å². The van der Waals surface area contributed by atoms with Gasteiger partial charge in [-0.2, -0.15) is 0 Å². The van der Waals surface area contributed by atoms with Crippen LogP contribution in [0.5, 0.6) is 11.5 Å². The van der Waals surface area contributed by atoms with Crippen LogP contribution in [-0.2, 0) is 9.47 Å². The van der Waals surface area contributed by atoms with Crippen molar-refractivity contribution in [2.75, 3.05) is 32.4 Å². The van der Waals surface area contributed by atoms with Crippen LogP contribution in [0.15, 0.2) is 42.9 Å². The molecule has 1 saturated heterocycles. The van der Waals surface area contributed by atoms with Crippen LogP contribution in [0.2, 0.25) is 5.02 Å². The normalized spacial score (nSPS) is 16.2. The lowest BCUT2D eigenvalue weighted by Gasteiger charge is -2.16. The molecule has 3 heterocycles. The molecule has 1 aliphatic heterocycles. The van der Waals surface area contributed by atoms with E-state index in [9.17, 15) is 0 Å². The zero-order chi connectivity index (χ0) is 21.4. The van der Waals surface area contributed by atoms with Gasteiger partial charge >= 0.3 is 0 Å². The summed E-state index contributed by atoms with van der Waals surface area (Å²) in [4.78, 5) is 9.16. The topological polar surface area (TPSA) is 79.1 Å². The molecule has 0 spiro atoms. The highest BCUT2D eigenvalue weighted by atomic mass is 35.5. The lowest BCUT2D eigenvalue weighted by Crippen LogP contribution is -2.19. The molecule has 2 aromatic carbocycles. The highest BCUT2D eigenvalue weighted by Gasteiger charge is 2.19. The van der Waals surface area contributed by atoms with Gasteiger partial charge in [-0.3, -0.25) is 4.40 Å². The van der Waals surface area contributed by atoms with Gasteiger partial charge in [0.2, 0.25) is 0 Å². The van der Waals surface area contributed by atoms with Gasteiger partial charge in [-0.25, -0.2) is 9.97 Å².